The van der Waals surface area contributed by atoms with Crippen LogP contribution in [0.5, 0.6) is 5.75 Å². The molecule has 1 aliphatic heterocycles. The summed E-state index contributed by atoms with van der Waals surface area (Å²) in [5.41, 5.74) is 0.299. The van der Waals surface area contributed by atoms with Gasteiger partial charge in [-0.05, 0) is 6.07 Å². The number of aliphatic carboxylic acids is 1. The number of nitrogens with one attached hydrogen (secondary N) is 1. The number of aromatic amines is 1. The minimum Gasteiger partial charge on any atom is -0.479 e. The summed E-state index contributed by atoms with van der Waals surface area (Å²) in [6.45, 7) is 0. The summed E-state index contributed by atoms with van der Waals surface area (Å²) in [5.74, 6) is -2.60. The molecular formula is C15H15NO9. The first-order valence-corrected chi connectivity index (χ1v) is 7.23. The lowest BCUT2D eigenvalue weighted by atomic mass is 9.99. The van der Waals surface area contributed by atoms with Crippen LogP contribution in [0.4, 0.5) is 0 Å². The molecule has 2 heterocycles. The van der Waals surface area contributed by atoms with Crippen LogP contribution in [0.25, 0.3) is 10.9 Å². The van der Waals surface area contributed by atoms with Crippen LogP contribution in [0.3, 0.4) is 0 Å². The van der Waals surface area contributed by atoms with Crippen LogP contribution in [-0.4, -0.2) is 73.2 Å². The van der Waals surface area contributed by atoms with Crippen LogP contribution < -0.4 is 4.74 Å². The second kappa shape index (κ2) is 6.33. The fraction of sp³-hybridized carbons (Fsp3) is 0.333. The summed E-state index contributed by atoms with van der Waals surface area (Å²) in [6, 6.07) is 4.50. The van der Waals surface area contributed by atoms with Gasteiger partial charge in [0, 0.05) is 11.6 Å². The molecule has 2 aromatic rings. The van der Waals surface area contributed by atoms with E-state index in [0.29, 0.717) is 10.9 Å². The fourth-order valence-corrected chi connectivity index (χ4v) is 2.68. The highest BCUT2D eigenvalue weighted by atomic mass is 16.7. The first-order chi connectivity index (χ1) is 11.8. The van der Waals surface area contributed by atoms with E-state index in [9.17, 15) is 24.9 Å². The molecule has 0 bridgehead atoms. The van der Waals surface area contributed by atoms with E-state index in [1.165, 1.54) is 18.3 Å². The lowest BCUT2D eigenvalue weighted by molar-refractivity contribution is -0.270. The van der Waals surface area contributed by atoms with Gasteiger partial charge in [0.15, 0.2) is 6.10 Å². The van der Waals surface area contributed by atoms with E-state index < -0.39 is 42.6 Å². The van der Waals surface area contributed by atoms with Gasteiger partial charge in [0.05, 0.1) is 11.1 Å². The Hall–Kier alpha value is -2.66. The Labute approximate surface area is 139 Å². The second-order valence-corrected chi connectivity index (χ2v) is 5.54. The largest absolute Gasteiger partial charge is 0.479 e. The molecule has 5 unspecified atom stereocenters. The van der Waals surface area contributed by atoms with Gasteiger partial charge in [0.1, 0.15) is 24.1 Å². The Bertz CT molecular complexity index is 816. The molecule has 5 atom stereocenters. The number of H-pyrrole nitrogens is 1. The summed E-state index contributed by atoms with van der Waals surface area (Å²) < 4.78 is 10.5. The van der Waals surface area contributed by atoms with Crippen molar-refractivity contribution in [2.75, 3.05) is 0 Å². The van der Waals surface area contributed by atoms with Crippen molar-refractivity contribution in [3.63, 3.8) is 0 Å². The average Bonchev–Trinajstić information content (AvgIpc) is 3.00. The molecule has 134 valence electrons. The van der Waals surface area contributed by atoms with E-state index in [2.05, 4.69) is 4.98 Å². The number of benzene rings is 1. The Morgan fingerprint density at radius 3 is 2.44 bits per heavy atom. The smallest absolute Gasteiger partial charge is 0.337 e. The number of rotatable bonds is 4. The maximum atomic E-state index is 11.2. The third kappa shape index (κ3) is 2.91. The van der Waals surface area contributed by atoms with Gasteiger partial charge in [-0.15, -0.1) is 0 Å². The highest BCUT2D eigenvalue weighted by molar-refractivity contribution is 6.04. The molecule has 25 heavy (non-hydrogen) atoms. The van der Waals surface area contributed by atoms with Gasteiger partial charge in [-0.2, -0.15) is 0 Å². The molecule has 10 nitrogen and oxygen atoms in total. The monoisotopic (exact) mass is 353 g/mol. The molecule has 1 aliphatic rings. The number of aromatic nitrogens is 1. The zero-order valence-electron chi connectivity index (χ0n) is 12.6. The van der Waals surface area contributed by atoms with Gasteiger partial charge >= 0.3 is 11.9 Å². The van der Waals surface area contributed by atoms with Crippen LogP contribution in [0.15, 0.2) is 24.4 Å². The number of carboxylic acids is 2. The molecule has 1 aromatic heterocycles. The number of carbonyl (C=O) groups is 2. The highest BCUT2D eigenvalue weighted by Crippen LogP contribution is 2.31. The molecule has 0 amide bonds. The van der Waals surface area contributed by atoms with Gasteiger partial charge in [-0.25, -0.2) is 9.59 Å². The topological polar surface area (TPSA) is 170 Å². The van der Waals surface area contributed by atoms with Crippen molar-refractivity contribution in [1.82, 2.24) is 4.98 Å². The van der Waals surface area contributed by atoms with Crippen molar-refractivity contribution in [3.8, 4) is 5.75 Å². The number of aliphatic hydroxyl groups is 3. The molecule has 0 radical (unpaired) electrons. The molecule has 6 N–H and O–H groups in total. The normalized spacial score (nSPS) is 29.5. The summed E-state index contributed by atoms with van der Waals surface area (Å²) >= 11 is 0. The van der Waals surface area contributed by atoms with E-state index in [1.807, 2.05) is 0 Å². The number of carboxylic acid groups (broad SMARTS) is 2. The molecule has 1 aromatic carbocycles. The molecule has 0 saturated carbocycles. The van der Waals surface area contributed by atoms with E-state index in [4.69, 9.17) is 19.7 Å². The Balaban J connectivity index is 1.92. The predicted molar refractivity (Wildman–Crippen MR) is 80.2 cm³/mol. The van der Waals surface area contributed by atoms with E-state index in [1.54, 1.807) is 6.07 Å². The van der Waals surface area contributed by atoms with Crippen molar-refractivity contribution >= 4 is 22.8 Å². The van der Waals surface area contributed by atoms with Crippen LogP contribution >= 0.6 is 0 Å². The van der Waals surface area contributed by atoms with E-state index >= 15 is 0 Å². The van der Waals surface area contributed by atoms with Gasteiger partial charge in [-0.1, -0.05) is 12.1 Å². The number of hydrogen-bond donors (Lipinski definition) is 6. The molecule has 10 heteroatoms. The first kappa shape index (κ1) is 17.2. The highest BCUT2D eigenvalue weighted by Gasteiger charge is 2.48. The number of fused-ring (bicyclic) bond motifs is 1. The minimum absolute atomic E-state index is 0.00410. The Morgan fingerprint density at radius 2 is 1.80 bits per heavy atom. The average molecular weight is 353 g/mol. The van der Waals surface area contributed by atoms with Crippen molar-refractivity contribution < 1.29 is 44.6 Å². The fourth-order valence-electron chi connectivity index (χ4n) is 2.68. The molecule has 0 spiro atoms. The molecule has 3 rings (SSSR count). The van der Waals surface area contributed by atoms with Crippen LogP contribution in [0, 0.1) is 0 Å². The van der Waals surface area contributed by atoms with E-state index in [0.717, 1.165) is 0 Å². The standard InChI is InChI=1S/C15H15NO9/c17-9-10(18)12(14(22)23)25-15(11(9)19)24-7-3-1-2-5-6(13(20)21)4-16-8(5)7/h1-4,9-12,15-19H,(H,20,21)(H,22,23). The van der Waals surface area contributed by atoms with Gasteiger partial charge in [0.2, 0.25) is 6.29 Å². The molecule has 0 aliphatic carbocycles. The predicted octanol–water partition coefficient (Wildman–Crippen LogP) is -0.863. The zero-order chi connectivity index (χ0) is 18.3. The lowest BCUT2D eigenvalue weighted by Gasteiger charge is -2.38. The van der Waals surface area contributed by atoms with Gasteiger partial charge in [-0.3, -0.25) is 0 Å². The maximum Gasteiger partial charge on any atom is 0.337 e. The summed E-state index contributed by atoms with van der Waals surface area (Å²) in [4.78, 5) is 25.0. The van der Waals surface area contributed by atoms with Crippen molar-refractivity contribution in [3.05, 3.63) is 30.0 Å². The Kier molecular flexibility index (Phi) is 4.35. The Morgan fingerprint density at radius 1 is 1.08 bits per heavy atom. The second-order valence-electron chi connectivity index (χ2n) is 5.54. The lowest BCUT2D eigenvalue weighted by Crippen LogP contribution is -2.61. The van der Waals surface area contributed by atoms with Gasteiger partial charge < -0.3 is 40.0 Å². The number of aliphatic hydroxyl groups excluding tert-OH is 3. The number of aromatic carboxylic acids is 1. The van der Waals surface area contributed by atoms with Gasteiger partial charge in [0.25, 0.3) is 0 Å². The quantitative estimate of drug-likeness (QED) is 0.409. The van der Waals surface area contributed by atoms with Crippen molar-refractivity contribution in [2.24, 2.45) is 0 Å². The number of hydrogen-bond acceptors (Lipinski definition) is 7. The SMILES string of the molecule is O=C(O)c1c[nH]c2c(OC3OC(C(=O)O)C(O)C(O)C3O)cccc12. The van der Waals surface area contributed by atoms with Crippen LogP contribution in [-0.2, 0) is 9.53 Å². The van der Waals surface area contributed by atoms with Crippen LogP contribution in [0.1, 0.15) is 10.4 Å². The van der Waals surface area contributed by atoms with Crippen LogP contribution in [0.2, 0.25) is 0 Å². The van der Waals surface area contributed by atoms with Crippen molar-refractivity contribution in [1.29, 1.82) is 0 Å². The minimum atomic E-state index is -1.83. The summed E-state index contributed by atoms with van der Waals surface area (Å²) in [5, 5.41) is 47.9. The molecule has 1 saturated heterocycles. The number of para-hydroxylation sites is 1. The summed E-state index contributed by atoms with van der Waals surface area (Å²) in [6.07, 6.45) is -7.45. The first-order valence-electron chi connectivity index (χ1n) is 7.23. The van der Waals surface area contributed by atoms with Crippen molar-refractivity contribution in [2.45, 2.75) is 30.7 Å². The molecular weight excluding hydrogens is 338 g/mol. The zero-order valence-corrected chi connectivity index (χ0v) is 12.6. The maximum absolute atomic E-state index is 11.2. The number of ether oxygens (including phenoxy) is 2. The third-order valence-corrected chi connectivity index (χ3v) is 3.96. The van der Waals surface area contributed by atoms with E-state index in [-0.39, 0.29) is 11.3 Å². The molecule has 1 fully saturated rings. The third-order valence-electron chi connectivity index (χ3n) is 3.96. The summed E-state index contributed by atoms with van der Waals surface area (Å²) in [7, 11) is 0.